The van der Waals surface area contributed by atoms with Crippen molar-refractivity contribution in [1.82, 2.24) is 10.3 Å². The molecule has 0 bridgehead atoms. The molecule has 1 aliphatic carbocycles. The third-order valence-electron chi connectivity index (χ3n) is 5.20. The lowest BCUT2D eigenvalue weighted by Gasteiger charge is -2.26. The van der Waals surface area contributed by atoms with Gasteiger partial charge in [0.25, 0.3) is 0 Å². The maximum absolute atomic E-state index is 12.7. The van der Waals surface area contributed by atoms with Crippen molar-refractivity contribution in [3.05, 3.63) is 46.6 Å². The molecular weight excluding hydrogens is 376 g/mol. The largest absolute Gasteiger partial charge is 0.463 e. The van der Waals surface area contributed by atoms with Gasteiger partial charge in [-0.15, -0.1) is 0 Å². The van der Waals surface area contributed by atoms with E-state index < -0.39 is 5.92 Å². The number of aromatic amines is 1. The topological polar surface area (TPSA) is 71.2 Å². The van der Waals surface area contributed by atoms with Gasteiger partial charge in [0.2, 0.25) is 5.91 Å². The minimum Gasteiger partial charge on any atom is -0.463 e. The lowest BCUT2D eigenvalue weighted by atomic mass is 9.82. The molecule has 6 heteroatoms. The van der Waals surface area contributed by atoms with Crippen molar-refractivity contribution in [2.45, 2.75) is 46.1 Å². The summed E-state index contributed by atoms with van der Waals surface area (Å²) in [6.07, 6.45) is 5.54. The number of rotatable bonds is 6. The van der Waals surface area contributed by atoms with Crippen LogP contribution < -0.4 is 5.32 Å². The number of fused-ring (bicyclic) bond motifs is 1. The summed E-state index contributed by atoms with van der Waals surface area (Å²) < 4.78 is 5.34. The lowest BCUT2D eigenvalue weighted by Crippen LogP contribution is -2.40. The summed E-state index contributed by atoms with van der Waals surface area (Å²) in [7, 11) is 0. The maximum atomic E-state index is 12.7. The molecule has 28 heavy (non-hydrogen) atoms. The van der Waals surface area contributed by atoms with Crippen molar-refractivity contribution in [3.63, 3.8) is 0 Å². The minimum atomic E-state index is -0.416. The second kappa shape index (κ2) is 8.82. The zero-order valence-corrected chi connectivity index (χ0v) is 17.3. The predicted octanol–water partition coefficient (Wildman–Crippen LogP) is 4.32. The number of aryl methyl sites for hydroxylation is 1. The molecule has 0 saturated heterocycles. The first-order chi connectivity index (χ1) is 13.4. The standard InChI is InChI=1S/C22H27ClN2O3/c1-13(2)28-22(27)18-8-5-4-7-17(18)21(26)24-12-11-15-14(3)25-20-16(15)9-6-10-19(20)23/h4-6,9-10,13,17-18,25H,7-8,11-12H2,1-3H3,(H,24,26)/t17-,18-/m0/s1. The molecule has 0 unspecified atom stereocenters. The van der Waals surface area contributed by atoms with Crippen LogP contribution in [0.4, 0.5) is 0 Å². The van der Waals surface area contributed by atoms with E-state index in [0.717, 1.165) is 22.2 Å². The first kappa shape index (κ1) is 20.5. The molecule has 1 amide bonds. The van der Waals surface area contributed by atoms with Gasteiger partial charge in [0, 0.05) is 17.6 Å². The van der Waals surface area contributed by atoms with E-state index in [0.29, 0.717) is 30.8 Å². The number of hydrogen-bond acceptors (Lipinski definition) is 3. The van der Waals surface area contributed by atoms with Crippen molar-refractivity contribution >= 4 is 34.4 Å². The van der Waals surface area contributed by atoms with E-state index in [1.165, 1.54) is 0 Å². The van der Waals surface area contributed by atoms with Gasteiger partial charge < -0.3 is 15.0 Å². The van der Waals surface area contributed by atoms with Crippen molar-refractivity contribution < 1.29 is 14.3 Å². The van der Waals surface area contributed by atoms with Crippen LogP contribution in [-0.4, -0.2) is 29.5 Å². The fourth-order valence-electron chi connectivity index (χ4n) is 3.82. The second-order valence-corrected chi connectivity index (χ2v) is 7.98. The zero-order chi connectivity index (χ0) is 20.3. The number of amides is 1. The van der Waals surface area contributed by atoms with Gasteiger partial charge in [0.1, 0.15) is 0 Å². The molecule has 1 aromatic heterocycles. The summed E-state index contributed by atoms with van der Waals surface area (Å²) in [4.78, 5) is 28.4. The first-order valence-corrected chi connectivity index (χ1v) is 10.1. The summed E-state index contributed by atoms with van der Waals surface area (Å²) in [5.41, 5.74) is 3.13. The number of benzene rings is 1. The van der Waals surface area contributed by atoms with E-state index in [2.05, 4.69) is 10.3 Å². The monoisotopic (exact) mass is 402 g/mol. The van der Waals surface area contributed by atoms with E-state index in [9.17, 15) is 9.59 Å². The summed E-state index contributed by atoms with van der Waals surface area (Å²) in [6.45, 7) is 6.16. The van der Waals surface area contributed by atoms with E-state index in [-0.39, 0.29) is 23.9 Å². The van der Waals surface area contributed by atoms with Gasteiger partial charge in [-0.3, -0.25) is 9.59 Å². The Hall–Kier alpha value is -2.27. The molecule has 0 radical (unpaired) electrons. The van der Waals surface area contributed by atoms with Crippen LogP contribution in [0.1, 0.15) is 37.9 Å². The van der Waals surface area contributed by atoms with Gasteiger partial charge in [0.15, 0.2) is 0 Å². The lowest BCUT2D eigenvalue weighted by molar-refractivity contribution is -0.156. The van der Waals surface area contributed by atoms with Gasteiger partial charge in [-0.2, -0.15) is 0 Å². The number of H-pyrrole nitrogens is 1. The Morgan fingerprint density at radius 3 is 2.68 bits per heavy atom. The SMILES string of the molecule is Cc1[nH]c2c(Cl)cccc2c1CCNC(=O)[C@H]1CC=CC[C@@H]1C(=O)OC(C)C. The van der Waals surface area contributed by atoms with Gasteiger partial charge in [0.05, 0.1) is 28.5 Å². The molecule has 0 spiro atoms. The second-order valence-electron chi connectivity index (χ2n) is 7.57. The van der Waals surface area contributed by atoms with Crippen molar-refractivity contribution in [2.24, 2.45) is 11.8 Å². The third-order valence-corrected chi connectivity index (χ3v) is 5.52. The van der Waals surface area contributed by atoms with Crippen LogP contribution in [0.15, 0.2) is 30.4 Å². The van der Waals surface area contributed by atoms with Crippen molar-refractivity contribution in [2.75, 3.05) is 6.54 Å². The molecule has 5 nitrogen and oxygen atoms in total. The van der Waals surface area contributed by atoms with Gasteiger partial charge in [-0.05, 0) is 51.7 Å². The van der Waals surface area contributed by atoms with Gasteiger partial charge >= 0.3 is 5.97 Å². The molecule has 0 saturated carbocycles. The summed E-state index contributed by atoms with van der Waals surface area (Å²) in [5, 5.41) is 4.78. The van der Waals surface area contributed by atoms with E-state index in [1.54, 1.807) is 0 Å². The number of nitrogens with one attached hydrogen (secondary N) is 2. The summed E-state index contributed by atoms with van der Waals surface area (Å²) in [5.74, 6) is -1.18. The highest BCUT2D eigenvalue weighted by atomic mass is 35.5. The first-order valence-electron chi connectivity index (χ1n) is 9.77. The Labute approximate surface area is 170 Å². The molecule has 0 aliphatic heterocycles. The maximum Gasteiger partial charge on any atom is 0.310 e. The quantitative estimate of drug-likeness (QED) is 0.558. The molecule has 0 fully saturated rings. The highest BCUT2D eigenvalue weighted by Crippen LogP contribution is 2.29. The molecular formula is C22H27ClN2O3. The Balaban J connectivity index is 1.64. The molecule has 2 aromatic rings. The number of carbonyl (C=O) groups excluding carboxylic acids is 2. The third kappa shape index (κ3) is 4.41. The Morgan fingerprint density at radius 2 is 1.96 bits per heavy atom. The average molecular weight is 403 g/mol. The van der Waals surface area contributed by atoms with Gasteiger partial charge in [-0.25, -0.2) is 0 Å². The molecule has 3 rings (SSSR count). The number of hydrogen-bond donors (Lipinski definition) is 2. The van der Waals surface area contributed by atoms with Crippen LogP contribution >= 0.6 is 11.6 Å². The summed E-state index contributed by atoms with van der Waals surface area (Å²) >= 11 is 6.26. The normalized spacial score (nSPS) is 19.2. The van der Waals surface area contributed by atoms with Crippen molar-refractivity contribution in [1.29, 1.82) is 0 Å². The predicted molar refractivity (Wildman–Crippen MR) is 111 cm³/mol. The molecule has 2 atom stereocenters. The smallest absolute Gasteiger partial charge is 0.310 e. The van der Waals surface area contributed by atoms with Crippen LogP contribution in [0.3, 0.4) is 0 Å². The van der Waals surface area contributed by atoms with Gasteiger partial charge in [-0.1, -0.05) is 35.9 Å². The van der Waals surface area contributed by atoms with E-state index in [1.807, 2.05) is 51.1 Å². The van der Waals surface area contributed by atoms with E-state index in [4.69, 9.17) is 16.3 Å². The number of aromatic nitrogens is 1. The van der Waals surface area contributed by atoms with Crippen LogP contribution in [0.5, 0.6) is 0 Å². The van der Waals surface area contributed by atoms with Crippen LogP contribution in [-0.2, 0) is 20.7 Å². The number of ether oxygens (including phenoxy) is 1. The molecule has 2 N–H and O–H groups in total. The number of halogens is 1. The number of esters is 1. The number of para-hydroxylation sites is 1. The van der Waals surface area contributed by atoms with Crippen LogP contribution in [0, 0.1) is 18.8 Å². The van der Waals surface area contributed by atoms with Crippen molar-refractivity contribution in [3.8, 4) is 0 Å². The Kier molecular flexibility index (Phi) is 6.45. The zero-order valence-electron chi connectivity index (χ0n) is 16.5. The highest BCUT2D eigenvalue weighted by Gasteiger charge is 2.35. The minimum absolute atomic E-state index is 0.0921. The average Bonchev–Trinajstić information content (AvgIpc) is 2.98. The Morgan fingerprint density at radius 1 is 1.25 bits per heavy atom. The summed E-state index contributed by atoms with van der Waals surface area (Å²) in [6, 6.07) is 5.82. The van der Waals surface area contributed by atoms with Crippen LogP contribution in [0.25, 0.3) is 10.9 Å². The number of allylic oxidation sites excluding steroid dienone is 2. The fourth-order valence-corrected chi connectivity index (χ4v) is 4.04. The Bertz CT molecular complexity index is 901. The highest BCUT2D eigenvalue weighted by molar-refractivity contribution is 6.35. The molecule has 1 aliphatic rings. The van der Waals surface area contributed by atoms with Crippen LogP contribution in [0.2, 0.25) is 5.02 Å². The molecule has 150 valence electrons. The van der Waals surface area contributed by atoms with E-state index >= 15 is 0 Å². The molecule has 1 aromatic carbocycles. The number of carbonyl (C=O) groups is 2. The fraction of sp³-hybridized carbons (Fsp3) is 0.455. The molecule has 1 heterocycles.